The van der Waals surface area contributed by atoms with Crippen molar-refractivity contribution in [1.82, 2.24) is 9.97 Å². The first-order chi connectivity index (χ1) is 7.63. The maximum absolute atomic E-state index is 5.32. The third-order valence-electron chi connectivity index (χ3n) is 3.32. The second-order valence-corrected chi connectivity index (χ2v) is 4.53. The molecule has 3 N–H and O–H groups in total. The Bertz CT molecular complexity index is 375. The predicted octanol–water partition coefficient (Wildman–Crippen LogP) is 1.31. The Hall–Kier alpha value is -1.36. The molecule has 1 fully saturated rings. The predicted molar refractivity (Wildman–Crippen MR) is 65.2 cm³/mol. The van der Waals surface area contributed by atoms with E-state index >= 15 is 0 Å². The van der Waals surface area contributed by atoms with Gasteiger partial charge in [-0.3, -0.25) is 5.43 Å². The number of aryl methyl sites for hydroxylation is 1. The summed E-state index contributed by atoms with van der Waals surface area (Å²) in [6, 6.07) is 0.527. The smallest absolute Gasteiger partial charge is 0.239 e. The van der Waals surface area contributed by atoms with Crippen LogP contribution in [0, 0.1) is 12.8 Å². The number of nitrogens with two attached hydrogens (primary N) is 1. The zero-order valence-corrected chi connectivity index (χ0v) is 10.1. The highest BCUT2D eigenvalue weighted by atomic mass is 15.3. The van der Waals surface area contributed by atoms with E-state index in [1.54, 1.807) is 6.20 Å². The topological polar surface area (TPSA) is 67.1 Å². The quantitative estimate of drug-likeness (QED) is 0.592. The zero-order valence-electron chi connectivity index (χ0n) is 10.1. The molecule has 5 heteroatoms. The van der Waals surface area contributed by atoms with Crippen LogP contribution in [-0.4, -0.2) is 23.1 Å². The first-order valence-electron chi connectivity index (χ1n) is 5.66. The highest BCUT2D eigenvalue weighted by Gasteiger charge is 2.31. The minimum Gasteiger partial charge on any atom is -0.356 e. The van der Waals surface area contributed by atoms with E-state index in [0.717, 1.165) is 17.3 Å². The van der Waals surface area contributed by atoms with Crippen LogP contribution in [0.1, 0.15) is 25.3 Å². The van der Waals surface area contributed by atoms with Crippen molar-refractivity contribution in [3.8, 4) is 0 Å². The summed E-state index contributed by atoms with van der Waals surface area (Å²) in [5, 5.41) is 0. The van der Waals surface area contributed by atoms with Crippen molar-refractivity contribution in [1.29, 1.82) is 0 Å². The van der Waals surface area contributed by atoms with Gasteiger partial charge in [0.05, 0.1) is 0 Å². The minimum absolute atomic E-state index is 0.468. The number of anilines is 2. The molecule has 0 saturated heterocycles. The largest absolute Gasteiger partial charge is 0.356 e. The number of nitrogens with zero attached hydrogens (tertiary/aromatic N) is 3. The van der Waals surface area contributed by atoms with Crippen LogP contribution in [0.4, 0.5) is 11.8 Å². The van der Waals surface area contributed by atoms with Crippen LogP contribution < -0.4 is 16.2 Å². The molecule has 1 aliphatic carbocycles. The Morgan fingerprint density at radius 2 is 2.25 bits per heavy atom. The number of hydrazine groups is 1. The summed E-state index contributed by atoms with van der Waals surface area (Å²) in [5.74, 6) is 7.57. The monoisotopic (exact) mass is 221 g/mol. The molecule has 0 bridgehead atoms. The number of hydrogen-bond acceptors (Lipinski definition) is 5. The standard InChI is InChI=1S/C11H19N5/c1-7-6-13-11(15-12)14-10(7)16(3)8(2)9-4-5-9/h6,8-9H,4-5,12H2,1-3H3,(H,13,14,15). The molecular formula is C11H19N5. The molecule has 0 spiro atoms. The van der Waals surface area contributed by atoms with E-state index in [0.29, 0.717) is 12.0 Å². The first-order valence-corrected chi connectivity index (χ1v) is 5.66. The summed E-state index contributed by atoms with van der Waals surface area (Å²) < 4.78 is 0. The fourth-order valence-electron chi connectivity index (χ4n) is 1.95. The van der Waals surface area contributed by atoms with E-state index in [1.165, 1.54) is 12.8 Å². The van der Waals surface area contributed by atoms with Crippen LogP contribution in [0.3, 0.4) is 0 Å². The normalized spacial score (nSPS) is 17.0. The average molecular weight is 221 g/mol. The molecule has 0 radical (unpaired) electrons. The summed E-state index contributed by atoms with van der Waals surface area (Å²) in [5.41, 5.74) is 3.56. The van der Waals surface area contributed by atoms with E-state index in [2.05, 4.69) is 34.3 Å². The van der Waals surface area contributed by atoms with Gasteiger partial charge in [-0.15, -0.1) is 0 Å². The third kappa shape index (κ3) is 2.09. The van der Waals surface area contributed by atoms with Crippen LogP contribution in [0.25, 0.3) is 0 Å². The van der Waals surface area contributed by atoms with Crippen LogP contribution in [0.5, 0.6) is 0 Å². The molecule has 0 aromatic carbocycles. The summed E-state index contributed by atoms with van der Waals surface area (Å²) in [7, 11) is 2.08. The Morgan fingerprint density at radius 3 is 2.81 bits per heavy atom. The molecule has 2 rings (SSSR count). The van der Waals surface area contributed by atoms with Gasteiger partial charge < -0.3 is 4.90 Å². The second-order valence-electron chi connectivity index (χ2n) is 4.53. The van der Waals surface area contributed by atoms with E-state index in [1.807, 2.05) is 6.92 Å². The maximum Gasteiger partial charge on any atom is 0.239 e. The molecule has 1 aliphatic rings. The summed E-state index contributed by atoms with van der Waals surface area (Å²) >= 11 is 0. The van der Waals surface area contributed by atoms with Crippen molar-refractivity contribution < 1.29 is 0 Å². The zero-order chi connectivity index (χ0) is 11.7. The van der Waals surface area contributed by atoms with E-state index < -0.39 is 0 Å². The van der Waals surface area contributed by atoms with Gasteiger partial charge in [-0.25, -0.2) is 10.8 Å². The molecule has 0 aliphatic heterocycles. The molecule has 1 heterocycles. The van der Waals surface area contributed by atoms with Gasteiger partial charge in [-0.05, 0) is 32.6 Å². The molecule has 1 aromatic heterocycles. The second kappa shape index (κ2) is 4.25. The minimum atomic E-state index is 0.468. The first kappa shape index (κ1) is 11.1. The van der Waals surface area contributed by atoms with Gasteiger partial charge in [0.15, 0.2) is 0 Å². The molecular weight excluding hydrogens is 202 g/mol. The molecule has 1 saturated carbocycles. The van der Waals surface area contributed by atoms with Crippen LogP contribution in [0.2, 0.25) is 0 Å². The lowest BCUT2D eigenvalue weighted by Gasteiger charge is -2.27. The average Bonchev–Trinajstić information content (AvgIpc) is 3.12. The van der Waals surface area contributed by atoms with Crippen LogP contribution in [-0.2, 0) is 0 Å². The van der Waals surface area contributed by atoms with Crippen molar-refractivity contribution in [3.05, 3.63) is 11.8 Å². The third-order valence-corrected chi connectivity index (χ3v) is 3.32. The number of aromatic nitrogens is 2. The Labute approximate surface area is 96.0 Å². The highest BCUT2D eigenvalue weighted by Crippen LogP contribution is 2.36. The van der Waals surface area contributed by atoms with E-state index in [9.17, 15) is 0 Å². The van der Waals surface area contributed by atoms with Gasteiger partial charge in [0, 0.05) is 24.8 Å². The van der Waals surface area contributed by atoms with E-state index in [4.69, 9.17) is 5.84 Å². The summed E-state index contributed by atoms with van der Waals surface area (Å²) in [4.78, 5) is 10.7. The fraction of sp³-hybridized carbons (Fsp3) is 0.636. The van der Waals surface area contributed by atoms with Crippen molar-refractivity contribution in [2.75, 3.05) is 17.4 Å². The summed E-state index contributed by atoms with van der Waals surface area (Å²) in [6.07, 6.45) is 4.46. The Morgan fingerprint density at radius 1 is 1.56 bits per heavy atom. The van der Waals surface area contributed by atoms with Crippen molar-refractivity contribution >= 4 is 11.8 Å². The molecule has 1 unspecified atom stereocenters. The number of nitrogen functional groups attached to an aromatic ring is 1. The SMILES string of the molecule is Cc1cnc(NN)nc1N(C)C(C)C1CC1. The summed E-state index contributed by atoms with van der Waals surface area (Å²) in [6.45, 7) is 4.26. The van der Waals surface area contributed by atoms with Crippen molar-refractivity contribution in [2.45, 2.75) is 32.7 Å². The van der Waals surface area contributed by atoms with Gasteiger partial charge in [-0.1, -0.05) is 0 Å². The number of hydrogen-bond donors (Lipinski definition) is 2. The Kier molecular flexibility index (Phi) is 2.96. The van der Waals surface area contributed by atoms with Crippen molar-refractivity contribution in [2.24, 2.45) is 11.8 Å². The van der Waals surface area contributed by atoms with Gasteiger partial charge in [-0.2, -0.15) is 4.98 Å². The van der Waals surface area contributed by atoms with Gasteiger partial charge in [0.1, 0.15) is 5.82 Å². The molecule has 16 heavy (non-hydrogen) atoms. The molecule has 1 aromatic rings. The number of nitrogens with one attached hydrogen (secondary N) is 1. The fourth-order valence-corrected chi connectivity index (χ4v) is 1.95. The Balaban J connectivity index is 2.23. The van der Waals surface area contributed by atoms with E-state index in [-0.39, 0.29) is 0 Å². The van der Waals surface area contributed by atoms with Crippen molar-refractivity contribution in [3.63, 3.8) is 0 Å². The van der Waals surface area contributed by atoms with Crippen LogP contribution >= 0.6 is 0 Å². The van der Waals surface area contributed by atoms with Gasteiger partial charge in [0.2, 0.25) is 5.95 Å². The molecule has 88 valence electrons. The highest BCUT2D eigenvalue weighted by molar-refractivity contribution is 5.49. The maximum atomic E-state index is 5.32. The van der Waals surface area contributed by atoms with Crippen LogP contribution in [0.15, 0.2) is 6.20 Å². The molecule has 1 atom stereocenters. The van der Waals surface area contributed by atoms with Gasteiger partial charge >= 0.3 is 0 Å². The molecule has 5 nitrogen and oxygen atoms in total. The molecule has 0 amide bonds. The lowest BCUT2D eigenvalue weighted by molar-refractivity contribution is 0.602. The van der Waals surface area contributed by atoms with Gasteiger partial charge in [0.25, 0.3) is 0 Å². The lowest BCUT2D eigenvalue weighted by Crippen LogP contribution is -2.32. The number of rotatable bonds is 4. The lowest BCUT2D eigenvalue weighted by atomic mass is 10.2.